The minimum Gasteiger partial charge on any atom is -0.316 e. The summed E-state index contributed by atoms with van der Waals surface area (Å²) >= 11 is 0. The van der Waals surface area contributed by atoms with Crippen LogP contribution < -0.4 is 0 Å². The second-order valence-electron chi connectivity index (χ2n) is 5.76. The molecule has 1 amide bonds. The number of allylic oxidation sites excluding steroid dienone is 1. The summed E-state index contributed by atoms with van der Waals surface area (Å²) in [6.07, 6.45) is 4.09. The zero-order valence-electron chi connectivity index (χ0n) is 11.6. The van der Waals surface area contributed by atoms with E-state index in [1.807, 2.05) is 57.0 Å². The van der Waals surface area contributed by atoms with E-state index < -0.39 is 0 Å². The van der Waals surface area contributed by atoms with Gasteiger partial charge in [-0.25, -0.2) is 0 Å². The van der Waals surface area contributed by atoms with Crippen LogP contribution in [0.2, 0.25) is 0 Å². The van der Waals surface area contributed by atoms with E-state index in [1.165, 1.54) is 5.56 Å². The Hall–Kier alpha value is -1.57. The first-order chi connectivity index (χ1) is 8.44. The zero-order valence-corrected chi connectivity index (χ0v) is 11.6. The van der Waals surface area contributed by atoms with Gasteiger partial charge < -0.3 is 4.90 Å². The molecule has 0 N–H and O–H groups in total. The molecule has 96 valence electrons. The molecular weight excluding hydrogens is 222 g/mol. The van der Waals surface area contributed by atoms with Gasteiger partial charge in [0.25, 0.3) is 0 Å². The van der Waals surface area contributed by atoms with Crippen LogP contribution >= 0.6 is 0 Å². The fraction of sp³-hybridized carbons (Fsp3) is 0.438. The van der Waals surface area contributed by atoms with Gasteiger partial charge in [0.1, 0.15) is 0 Å². The molecule has 0 radical (unpaired) electrons. The number of rotatable bonds is 2. The van der Waals surface area contributed by atoms with Gasteiger partial charge in [-0.2, -0.15) is 0 Å². The summed E-state index contributed by atoms with van der Waals surface area (Å²) in [4.78, 5) is 14.4. The molecule has 2 rings (SSSR count). The van der Waals surface area contributed by atoms with Crippen LogP contribution in [0, 0.1) is 5.41 Å². The van der Waals surface area contributed by atoms with Crippen molar-refractivity contribution in [3.05, 3.63) is 48.2 Å². The maximum atomic E-state index is 12.5. The lowest BCUT2D eigenvalue weighted by Crippen LogP contribution is -2.46. The first-order valence-electron chi connectivity index (χ1n) is 6.50. The maximum absolute atomic E-state index is 12.5. The lowest BCUT2D eigenvalue weighted by atomic mass is 9.72. The van der Waals surface area contributed by atoms with Gasteiger partial charge in [0.05, 0.1) is 5.41 Å². The number of carbonyl (C=O) groups excluding carboxylic acids is 1. The fourth-order valence-corrected chi connectivity index (χ4v) is 2.55. The molecular formula is C16H21NO. The van der Waals surface area contributed by atoms with E-state index in [1.54, 1.807) is 0 Å². The number of nitrogens with zero attached hydrogens (tertiary/aromatic N) is 1. The number of carbonyl (C=O) groups is 1. The normalized spacial score (nSPS) is 22.6. The van der Waals surface area contributed by atoms with Crippen LogP contribution in [0.4, 0.5) is 0 Å². The highest BCUT2D eigenvalue weighted by Gasteiger charge is 2.42. The highest BCUT2D eigenvalue weighted by molar-refractivity contribution is 5.86. The van der Waals surface area contributed by atoms with Crippen LogP contribution in [-0.2, 0) is 4.79 Å². The summed E-state index contributed by atoms with van der Waals surface area (Å²) in [5.74, 6) is 0.357. The molecule has 1 aliphatic rings. The minimum atomic E-state index is -0.389. The van der Waals surface area contributed by atoms with Crippen molar-refractivity contribution in [3.63, 3.8) is 0 Å². The molecule has 0 saturated heterocycles. The minimum absolute atomic E-state index is 0.154. The summed E-state index contributed by atoms with van der Waals surface area (Å²) in [5.41, 5.74) is 0.816. The Kier molecular flexibility index (Phi) is 3.29. The molecule has 0 aromatic heterocycles. The second kappa shape index (κ2) is 4.60. The average Bonchev–Trinajstić information content (AvgIpc) is 2.33. The maximum Gasteiger partial charge on any atom is 0.233 e. The molecule has 0 aliphatic carbocycles. The fourth-order valence-electron chi connectivity index (χ4n) is 2.55. The van der Waals surface area contributed by atoms with Gasteiger partial charge in [0.2, 0.25) is 5.91 Å². The van der Waals surface area contributed by atoms with Crippen molar-refractivity contribution in [2.45, 2.75) is 39.7 Å². The van der Waals surface area contributed by atoms with E-state index in [9.17, 15) is 4.79 Å². The van der Waals surface area contributed by atoms with Crippen molar-refractivity contribution in [3.8, 4) is 0 Å². The van der Waals surface area contributed by atoms with Crippen molar-refractivity contribution in [2.24, 2.45) is 5.41 Å². The highest BCUT2D eigenvalue weighted by Crippen LogP contribution is 2.41. The standard InChI is InChI=1S/C16H21NO/c1-12(2)17-11-10-14(16(3,4)15(17)18)13-8-6-5-7-9-13/h5-12,14H,1-4H3. The number of hydrogen-bond donors (Lipinski definition) is 0. The van der Waals surface area contributed by atoms with Gasteiger partial charge in [-0.3, -0.25) is 4.79 Å². The number of benzene rings is 1. The molecule has 0 saturated carbocycles. The first-order valence-corrected chi connectivity index (χ1v) is 6.50. The predicted octanol–water partition coefficient (Wildman–Crippen LogP) is 3.56. The Morgan fingerprint density at radius 3 is 2.33 bits per heavy atom. The molecule has 0 fully saturated rings. The summed E-state index contributed by atoms with van der Waals surface area (Å²) in [5, 5.41) is 0. The molecule has 2 nitrogen and oxygen atoms in total. The molecule has 0 bridgehead atoms. The van der Waals surface area contributed by atoms with E-state index in [-0.39, 0.29) is 23.3 Å². The Labute approximate surface area is 109 Å². The second-order valence-corrected chi connectivity index (χ2v) is 5.76. The Bertz CT molecular complexity index is 459. The predicted molar refractivity (Wildman–Crippen MR) is 74.1 cm³/mol. The Morgan fingerprint density at radius 1 is 1.17 bits per heavy atom. The third-order valence-electron chi connectivity index (χ3n) is 3.72. The van der Waals surface area contributed by atoms with Gasteiger partial charge in [-0.1, -0.05) is 50.3 Å². The summed E-state index contributed by atoms with van der Waals surface area (Å²) in [6, 6.07) is 10.5. The van der Waals surface area contributed by atoms with E-state index in [4.69, 9.17) is 0 Å². The van der Waals surface area contributed by atoms with Gasteiger partial charge >= 0.3 is 0 Å². The zero-order chi connectivity index (χ0) is 13.3. The topological polar surface area (TPSA) is 20.3 Å². The van der Waals surface area contributed by atoms with Crippen molar-refractivity contribution in [1.29, 1.82) is 0 Å². The Balaban J connectivity index is 2.40. The number of hydrogen-bond acceptors (Lipinski definition) is 1. The van der Waals surface area contributed by atoms with E-state index in [0.29, 0.717) is 0 Å². The lowest BCUT2D eigenvalue weighted by Gasteiger charge is -2.40. The van der Waals surface area contributed by atoms with Gasteiger partial charge in [0.15, 0.2) is 0 Å². The van der Waals surface area contributed by atoms with Crippen LogP contribution in [0.1, 0.15) is 39.2 Å². The quantitative estimate of drug-likeness (QED) is 0.777. The van der Waals surface area contributed by atoms with Gasteiger partial charge in [-0.05, 0) is 19.4 Å². The molecule has 1 atom stereocenters. The molecule has 0 spiro atoms. The average molecular weight is 243 g/mol. The van der Waals surface area contributed by atoms with Crippen molar-refractivity contribution in [1.82, 2.24) is 4.90 Å². The van der Waals surface area contributed by atoms with Crippen LogP contribution in [0.15, 0.2) is 42.6 Å². The smallest absolute Gasteiger partial charge is 0.233 e. The van der Waals surface area contributed by atoms with Crippen LogP contribution in [-0.4, -0.2) is 16.8 Å². The van der Waals surface area contributed by atoms with Gasteiger partial charge in [-0.15, -0.1) is 0 Å². The van der Waals surface area contributed by atoms with Crippen LogP contribution in [0.5, 0.6) is 0 Å². The van der Waals surface area contributed by atoms with Gasteiger partial charge in [0, 0.05) is 18.2 Å². The molecule has 1 aromatic carbocycles. The monoisotopic (exact) mass is 243 g/mol. The molecule has 18 heavy (non-hydrogen) atoms. The lowest BCUT2D eigenvalue weighted by molar-refractivity contribution is -0.140. The van der Waals surface area contributed by atoms with E-state index in [2.05, 4.69) is 18.2 Å². The Morgan fingerprint density at radius 2 is 1.78 bits per heavy atom. The number of amides is 1. The first kappa shape index (κ1) is 12.9. The molecule has 1 heterocycles. The third-order valence-corrected chi connectivity index (χ3v) is 3.72. The molecule has 1 aromatic rings. The molecule has 2 heteroatoms. The third kappa shape index (κ3) is 2.07. The van der Waals surface area contributed by atoms with Crippen molar-refractivity contribution in [2.75, 3.05) is 0 Å². The summed E-state index contributed by atoms with van der Waals surface area (Å²) in [6.45, 7) is 8.15. The van der Waals surface area contributed by atoms with Crippen molar-refractivity contribution >= 4 is 5.91 Å². The SMILES string of the molecule is CC(C)N1C=CC(c2ccccc2)C(C)(C)C1=O. The van der Waals surface area contributed by atoms with Crippen LogP contribution in [0.3, 0.4) is 0 Å². The highest BCUT2D eigenvalue weighted by atomic mass is 16.2. The molecule has 1 unspecified atom stereocenters. The van der Waals surface area contributed by atoms with E-state index >= 15 is 0 Å². The largest absolute Gasteiger partial charge is 0.316 e. The summed E-state index contributed by atoms with van der Waals surface area (Å²) in [7, 11) is 0. The summed E-state index contributed by atoms with van der Waals surface area (Å²) < 4.78 is 0. The van der Waals surface area contributed by atoms with E-state index in [0.717, 1.165) is 0 Å². The van der Waals surface area contributed by atoms with Crippen LogP contribution in [0.25, 0.3) is 0 Å². The molecule has 1 aliphatic heterocycles. The van der Waals surface area contributed by atoms with Crippen molar-refractivity contribution < 1.29 is 4.79 Å².